The molecule has 9 heteroatoms. The van der Waals surface area contributed by atoms with Crippen LogP contribution in [0.4, 0.5) is 0 Å². The van der Waals surface area contributed by atoms with E-state index < -0.39 is 11.4 Å². The number of likely N-dealkylation sites (N-methyl/N-ethyl adjacent to an activating group) is 1. The first-order valence-electron chi connectivity index (χ1n) is 12.0. The Labute approximate surface area is 199 Å². The number of ether oxygens (including phenoxy) is 1. The van der Waals surface area contributed by atoms with E-state index in [1.807, 2.05) is 38.1 Å². The predicted molar refractivity (Wildman–Crippen MR) is 127 cm³/mol. The van der Waals surface area contributed by atoms with Gasteiger partial charge in [0.25, 0.3) is 11.8 Å². The summed E-state index contributed by atoms with van der Waals surface area (Å²) in [6.07, 6.45) is 5.64. The Morgan fingerprint density at radius 2 is 1.88 bits per heavy atom. The van der Waals surface area contributed by atoms with Gasteiger partial charge in [0.15, 0.2) is 5.69 Å². The van der Waals surface area contributed by atoms with Crippen LogP contribution in [0.15, 0.2) is 30.6 Å². The fourth-order valence-electron chi connectivity index (χ4n) is 4.90. The average Bonchev–Trinajstić information content (AvgIpc) is 3.49. The predicted octanol–water partition coefficient (Wildman–Crippen LogP) is 2.50. The number of benzene rings is 1. The zero-order valence-electron chi connectivity index (χ0n) is 20.1. The van der Waals surface area contributed by atoms with E-state index in [9.17, 15) is 14.4 Å². The lowest BCUT2D eigenvalue weighted by Gasteiger charge is -2.43. The van der Waals surface area contributed by atoms with Gasteiger partial charge in [0, 0.05) is 19.1 Å². The van der Waals surface area contributed by atoms with E-state index in [-0.39, 0.29) is 35.8 Å². The van der Waals surface area contributed by atoms with E-state index >= 15 is 0 Å². The van der Waals surface area contributed by atoms with Crippen molar-refractivity contribution in [1.29, 1.82) is 0 Å². The minimum absolute atomic E-state index is 0.0765. The van der Waals surface area contributed by atoms with Gasteiger partial charge in [-0.3, -0.25) is 14.4 Å². The van der Waals surface area contributed by atoms with Gasteiger partial charge in [0.05, 0.1) is 19.5 Å². The quantitative estimate of drug-likeness (QED) is 0.621. The first-order chi connectivity index (χ1) is 16.4. The molecule has 1 aliphatic heterocycles. The highest BCUT2D eigenvalue weighted by Gasteiger charge is 2.48. The van der Waals surface area contributed by atoms with Crippen molar-refractivity contribution in [2.45, 2.75) is 71.1 Å². The molecule has 0 radical (unpaired) electrons. The molecule has 1 saturated carbocycles. The van der Waals surface area contributed by atoms with Crippen molar-refractivity contribution in [3.8, 4) is 5.75 Å². The third kappa shape index (κ3) is 4.51. The average molecular weight is 468 g/mol. The molecule has 2 heterocycles. The summed E-state index contributed by atoms with van der Waals surface area (Å²) in [5.41, 5.74) is 0.158. The number of imidazole rings is 1. The largest absolute Gasteiger partial charge is 0.494 e. The Morgan fingerprint density at radius 1 is 1.18 bits per heavy atom. The molecule has 0 bridgehead atoms. The summed E-state index contributed by atoms with van der Waals surface area (Å²) >= 11 is 0. The minimum Gasteiger partial charge on any atom is -0.494 e. The van der Waals surface area contributed by atoms with Crippen LogP contribution in [0.25, 0.3) is 0 Å². The van der Waals surface area contributed by atoms with E-state index in [4.69, 9.17) is 4.74 Å². The Hall–Kier alpha value is -3.36. The Morgan fingerprint density at radius 3 is 2.53 bits per heavy atom. The maximum absolute atomic E-state index is 13.5. The van der Waals surface area contributed by atoms with E-state index in [1.54, 1.807) is 16.4 Å². The third-order valence-corrected chi connectivity index (χ3v) is 6.76. The van der Waals surface area contributed by atoms with Crippen molar-refractivity contribution < 1.29 is 19.1 Å². The molecule has 0 spiro atoms. The van der Waals surface area contributed by atoms with Gasteiger partial charge >= 0.3 is 0 Å². The summed E-state index contributed by atoms with van der Waals surface area (Å²) < 4.78 is 7.07. The lowest BCUT2D eigenvalue weighted by molar-refractivity contribution is -0.133. The summed E-state index contributed by atoms with van der Waals surface area (Å²) in [7, 11) is 0. The van der Waals surface area contributed by atoms with Crippen LogP contribution in [0.3, 0.4) is 0 Å². The maximum Gasteiger partial charge on any atom is 0.273 e. The SMILES string of the molecule is CCOc1ccc(CNC(=O)c2ncn3c2C(=O)N(CC)[C@](C)(C(=O)NC2CCCC2)C3)cc1. The standard InChI is InChI=1S/C25H33N5O4/c1-4-30-23(32)21-20(22(31)26-14-17-10-12-19(13-11-17)34-5-2)27-16-29(21)15-25(30,3)24(33)28-18-8-6-7-9-18/h10-13,16,18H,4-9,14-15H2,1-3H3,(H,26,31)(H,28,33)/t25-/m0/s1. The molecule has 34 heavy (non-hydrogen) atoms. The molecule has 1 fully saturated rings. The number of nitrogens with one attached hydrogen (secondary N) is 2. The number of amides is 3. The molecular weight excluding hydrogens is 434 g/mol. The smallest absolute Gasteiger partial charge is 0.273 e. The van der Waals surface area contributed by atoms with E-state index in [1.165, 1.54) is 6.33 Å². The van der Waals surface area contributed by atoms with Crippen LogP contribution in [-0.4, -0.2) is 56.9 Å². The number of hydrogen-bond acceptors (Lipinski definition) is 5. The fraction of sp³-hybridized carbons (Fsp3) is 0.520. The lowest BCUT2D eigenvalue weighted by atomic mass is 9.94. The minimum atomic E-state index is -1.04. The van der Waals surface area contributed by atoms with E-state index in [0.29, 0.717) is 19.7 Å². The summed E-state index contributed by atoms with van der Waals surface area (Å²) in [6, 6.07) is 7.62. The van der Waals surface area contributed by atoms with Crippen molar-refractivity contribution >= 4 is 17.7 Å². The summed E-state index contributed by atoms with van der Waals surface area (Å²) in [4.78, 5) is 45.4. The second kappa shape index (κ2) is 9.87. The van der Waals surface area contributed by atoms with Crippen LogP contribution in [0.2, 0.25) is 0 Å². The molecule has 2 aromatic rings. The molecule has 9 nitrogen and oxygen atoms in total. The maximum atomic E-state index is 13.5. The number of hydrogen-bond donors (Lipinski definition) is 2. The number of nitrogens with zero attached hydrogens (tertiary/aromatic N) is 3. The second-order valence-corrected chi connectivity index (χ2v) is 9.11. The molecule has 4 rings (SSSR count). The van der Waals surface area contributed by atoms with Crippen molar-refractivity contribution in [3.05, 3.63) is 47.5 Å². The fourth-order valence-corrected chi connectivity index (χ4v) is 4.90. The van der Waals surface area contributed by atoms with E-state index in [0.717, 1.165) is 37.0 Å². The van der Waals surface area contributed by atoms with Crippen LogP contribution < -0.4 is 15.4 Å². The van der Waals surface area contributed by atoms with Gasteiger partial charge in [0.2, 0.25) is 5.91 Å². The molecule has 0 unspecified atom stereocenters. The van der Waals surface area contributed by atoms with Gasteiger partial charge in [-0.25, -0.2) is 4.98 Å². The van der Waals surface area contributed by atoms with Crippen molar-refractivity contribution in [2.24, 2.45) is 0 Å². The first-order valence-corrected chi connectivity index (χ1v) is 12.0. The van der Waals surface area contributed by atoms with Crippen LogP contribution in [0.1, 0.15) is 73.0 Å². The van der Waals surface area contributed by atoms with Crippen LogP contribution in [-0.2, 0) is 17.9 Å². The molecule has 1 aromatic heterocycles. The van der Waals surface area contributed by atoms with Crippen molar-refractivity contribution in [2.75, 3.05) is 13.2 Å². The van der Waals surface area contributed by atoms with Gasteiger partial charge in [0.1, 0.15) is 17.0 Å². The Bertz CT molecular complexity index is 1060. The van der Waals surface area contributed by atoms with Gasteiger partial charge in [-0.1, -0.05) is 25.0 Å². The monoisotopic (exact) mass is 467 g/mol. The van der Waals surface area contributed by atoms with Crippen LogP contribution in [0.5, 0.6) is 5.75 Å². The first kappa shape index (κ1) is 23.8. The highest BCUT2D eigenvalue weighted by atomic mass is 16.5. The van der Waals surface area contributed by atoms with Gasteiger partial charge in [-0.2, -0.15) is 0 Å². The molecule has 2 aliphatic rings. The molecule has 0 saturated heterocycles. The Balaban J connectivity index is 1.49. The zero-order chi connectivity index (χ0) is 24.3. The molecule has 3 amide bonds. The normalized spacial score (nSPS) is 20.2. The second-order valence-electron chi connectivity index (χ2n) is 9.11. The van der Waals surface area contributed by atoms with Crippen LogP contribution in [0, 0.1) is 0 Å². The van der Waals surface area contributed by atoms with Gasteiger partial charge in [-0.15, -0.1) is 0 Å². The highest BCUT2D eigenvalue weighted by Crippen LogP contribution is 2.29. The molecule has 1 aliphatic carbocycles. The summed E-state index contributed by atoms with van der Waals surface area (Å²) in [6.45, 7) is 7.04. The molecule has 182 valence electrons. The topological polar surface area (TPSA) is 106 Å². The summed E-state index contributed by atoms with van der Waals surface area (Å²) in [5, 5.41) is 5.97. The number of rotatable bonds is 8. The number of carbonyl (C=O) groups excluding carboxylic acids is 3. The van der Waals surface area contributed by atoms with Gasteiger partial charge in [-0.05, 0) is 51.3 Å². The molecular formula is C25H33N5O4. The zero-order valence-corrected chi connectivity index (χ0v) is 20.1. The number of carbonyl (C=O) groups is 3. The summed E-state index contributed by atoms with van der Waals surface area (Å²) in [5.74, 6) is -0.172. The number of aromatic nitrogens is 2. The number of fused-ring (bicyclic) bond motifs is 1. The molecule has 1 aromatic carbocycles. The van der Waals surface area contributed by atoms with Crippen molar-refractivity contribution in [1.82, 2.24) is 25.1 Å². The highest BCUT2D eigenvalue weighted by molar-refractivity contribution is 6.07. The Kier molecular flexibility index (Phi) is 6.90. The van der Waals surface area contributed by atoms with Gasteiger partial charge < -0.3 is 24.8 Å². The van der Waals surface area contributed by atoms with E-state index in [2.05, 4.69) is 15.6 Å². The molecule has 1 atom stereocenters. The molecule has 2 N–H and O–H groups in total. The third-order valence-electron chi connectivity index (χ3n) is 6.76. The van der Waals surface area contributed by atoms with Crippen LogP contribution >= 0.6 is 0 Å². The van der Waals surface area contributed by atoms with Crippen molar-refractivity contribution in [3.63, 3.8) is 0 Å². The lowest BCUT2D eigenvalue weighted by Crippen LogP contribution is -2.64.